The summed E-state index contributed by atoms with van der Waals surface area (Å²) in [5.74, 6) is -1.08. The van der Waals surface area contributed by atoms with Crippen molar-refractivity contribution in [3.8, 4) is 5.75 Å². The van der Waals surface area contributed by atoms with Gasteiger partial charge in [0.05, 0.1) is 10.0 Å². The maximum absolute atomic E-state index is 12.4. The molecule has 0 N–H and O–H groups in total. The van der Waals surface area contributed by atoms with Crippen molar-refractivity contribution in [3.63, 3.8) is 0 Å². The van der Waals surface area contributed by atoms with Crippen molar-refractivity contribution < 1.29 is 31.5 Å². The summed E-state index contributed by atoms with van der Waals surface area (Å²) in [7, 11) is 0. The molecule has 0 aliphatic rings. The number of pyridine rings is 1. The van der Waals surface area contributed by atoms with Crippen LogP contribution in [-0.4, -0.2) is 17.6 Å². The van der Waals surface area contributed by atoms with Crippen molar-refractivity contribution in [1.82, 2.24) is 4.98 Å². The second-order valence-electron chi connectivity index (χ2n) is 2.71. The first kappa shape index (κ1) is 13.8. The van der Waals surface area contributed by atoms with Gasteiger partial charge in [0.25, 0.3) is 6.43 Å². The number of rotatable bonds is 3. The number of hydrogen-bond acceptors (Lipinski definition) is 3. The van der Waals surface area contributed by atoms with E-state index in [4.69, 9.17) is 0 Å². The average molecular weight is 320 g/mol. The third kappa shape index (κ3) is 3.35. The van der Waals surface area contributed by atoms with E-state index >= 15 is 0 Å². The second kappa shape index (κ2) is 4.94. The lowest BCUT2D eigenvalue weighted by Crippen LogP contribution is -2.19. The molecule has 0 fully saturated rings. The lowest BCUT2D eigenvalue weighted by atomic mass is 10.2. The zero-order chi connectivity index (χ0) is 13.2. The molecule has 17 heavy (non-hydrogen) atoms. The van der Waals surface area contributed by atoms with Crippen LogP contribution in [0.2, 0.25) is 0 Å². The van der Waals surface area contributed by atoms with E-state index < -0.39 is 34.3 Å². The highest BCUT2D eigenvalue weighted by atomic mass is 79.9. The highest BCUT2D eigenvalue weighted by Gasteiger charge is 2.34. The zero-order valence-electron chi connectivity index (χ0n) is 7.76. The number of aromatic nitrogens is 1. The molecular formula is C8H3BrF5NO2. The molecule has 1 heterocycles. The van der Waals surface area contributed by atoms with Crippen molar-refractivity contribution in [2.24, 2.45) is 0 Å². The smallest absolute Gasteiger partial charge is 0.402 e. The minimum absolute atomic E-state index is 0.0267. The maximum atomic E-state index is 12.4. The quantitative estimate of drug-likeness (QED) is 0.632. The fourth-order valence-corrected chi connectivity index (χ4v) is 1.51. The van der Waals surface area contributed by atoms with Crippen LogP contribution in [0.1, 0.15) is 22.5 Å². The molecule has 94 valence electrons. The monoisotopic (exact) mass is 319 g/mol. The molecule has 3 nitrogen and oxygen atoms in total. The highest BCUT2D eigenvalue weighted by Crippen LogP contribution is 2.38. The molecule has 0 bridgehead atoms. The molecule has 0 saturated carbocycles. The van der Waals surface area contributed by atoms with Crippen molar-refractivity contribution in [1.29, 1.82) is 0 Å². The molecule has 1 aromatic heterocycles. The predicted molar refractivity (Wildman–Crippen MR) is 49.0 cm³/mol. The van der Waals surface area contributed by atoms with Gasteiger partial charge in [0, 0.05) is 6.20 Å². The molecule has 0 atom stereocenters. The summed E-state index contributed by atoms with van der Waals surface area (Å²) in [6.07, 6.45) is -7.58. The van der Waals surface area contributed by atoms with Gasteiger partial charge in [0.1, 0.15) is 5.69 Å². The predicted octanol–water partition coefficient (Wildman–Crippen LogP) is 3.49. The summed E-state index contributed by atoms with van der Waals surface area (Å²) in [6, 6.07) is 0. The first-order chi connectivity index (χ1) is 7.76. The van der Waals surface area contributed by atoms with E-state index in [2.05, 4.69) is 25.7 Å². The van der Waals surface area contributed by atoms with Crippen LogP contribution >= 0.6 is 15.9 Å². The number of ether oxygens (including phenoxy) is 1. The number of halogens is 6. The second-order valence-corrected chi connectivity index (χ2v) is 3.50. The van der Waals surface area contributed by atoms with Gasteiger partial charge in [-0.05, 0) is 15.9 Å². The molecule has 1 rings (SSSR count). The number of hydrogen-bond donors (Lipinski definition) is 0. The van der Waals surface area contributed by atoms with E-state index in [1.807, 2.05) is 0 Å². The minimum atomic E-state index is -5.11. The van der Waals surface area contributed by atoms with Crippen molar-refractivity contribution >= 4 is 22.2 Å². The standard InChI is InChI=1S/C8H3BrF5NO2/c9-5-3(7(10)11)1-15-4(2-16)6(5)17-8(12,13)14/h1-2,7H. The SMILES string of the molecule is O=Cc1ncc(C(F)F)c(Br)c1OC(F)(F)F. The summed E-state index contributed by atoms with van der Waals surface area (Å²) in [5, 5.41) is 0. The summed E-state index contributed by atoms with van der Waals surface area (Å²) < 4.78 is 63.6. The summed E-state index contributed by atoms with van der Waals surface area (Å²) >= 11 is 2.52. The third-order valence-electron chi connectivity index (χ3n) is 1.59. The fourth-order valence-electron chi connectivity index (χ4n) is 0.947. The van der Waals surface area contributed by atoms with Gasteiger partial charge in [0.15, 0.2) is 12.0 Å². The fraction of sp³-hybridized carbons (Fsp3) is 0.250. The van der Waals surface area contributed by atoms with Crippen LogP contribution in [0.4, 0.5) is 22.0 Å². The Kier molecular flexibility index (Phi) is 4.02. The van der Waals surface area contributed by atoms with E-state index in [0.29, 0.717) is 6.20 Å². The van der Waals surface area contributed by atoms with Gasteiger partial charge < -0.3 is 4.74 Å². The summed E-state index contributed by atoms with van der Waals surface area (Å²) in [4.78, 5) is 13.6. The largest absolute Gasteiger partial charge is 0.573 e. The molecule has 0 aliphatic carbocycles. The minimum Gasteiger partial charge on any atom is -0.402 e. The van der Waals surface area contributed by atoms with Crippen LogP contribution < -0.4 is 4.74 Å². The first-order valence-corrected chi connectivity index (χ1v) is 4.73. The average Bonchev–Trinajstić information content (AvgIpc) is 2.18. The van der Waals surface area contributed by atoms with Crippen LogP contribution in [-0.2, 0) is 0 Å². The topological polar surface area (TPSA) is 39.2 Å². The Bertz CT molecular complexity index is 435. The van der Waals surface area contributed by atoms with E-state index in [0.717, 1.165) is 0 Å². The van der Waals surface area contributed by atoms with Crippen LogP contribution in [0.5, 0.6) is 5.75 Å². The molecule has 0 amide bonds. The molecular weight excluding hydrogens is 317 g/mol. The lowest BCUT2D eigenvalue weighted by Gasteiger charge is -2.13. The van der Waals surface area contributed by atoms with Gasteiger partial charge in [-0.3, -0.25) is 4.79 Å². The number of aldehydes is 1. The Morgan fingerprint density at radius 2 is 2.00 bits per heavy atom. The Morgan fingerprint density at radius 3 is 2.41 bits per heavy atom. The van der Waals surface area contributed by atoms with Crippen LogP contribution in [0.15, 0.2) is 10.7 Å². The Labute approximate surface area is 99.7 Å². The van der Waals surface area contributed by atoms with E-state index in [9.17, 15) is 26.7 Å². The van der Waals surface area contributed by atoms with Gasteiger partial charge in [0.2, 0.25) is 0 Å². The third-order valence-corrected chi connectivity index (χ3v) is 2.41. The van der Waals surface area contributed by atoms with Crippen LogP contribution in [0, 0.1) is 0 Å². The molecule has 0 aromatic carbocycles. The number of nitrogens with zero attached hydrogens (tertiary/aromatic N) is 1. The molecule has 0 unspecified atom stereocenters. The van der Waals surface area contributed by atoms with E-state index in [-0.39, 0.29) is 6.29 Å². The first-order valence-electron chi connectivity index (χ1n) is 3.93. The summed E-state index contributed by atoms with van der Waals surface area (Å²) in [5.41, 5.74) is -1.52. The van der Waals surface area contributed by atoms with E-state index in [1.165, 1.54) is 0 Å². The van der Waals surface area contributed by atoms with Crippen molar-refractivity contribution in [2.75, 3.05) is 0 Å². The van der Waals surface area contributed by atoms with Gasteiger partial charge in [-0.25, -0.2) is 13.8 Å². The molecule has 0 saturated heterocycles. The number of carbonyl (C=O) groups excluding carboxylic acids is 1. The molecule has 0 spiro atoms. The Hall–Kier alpha value is -1.25. The maximum Gasteiger partial charge on any atom is 0.573 e. The van der Waals surface area contributed by atoms with Crippen molar-refractivity contribution in [3.05, 3.63) is 21.9 Å². The Balaban J connectivity index is 3.32. The normalized spacial score (nSPS) is 11.7. The molecule has 9 heteroatoms. The zero-order valence-corrected chi connectivity index (χ0v) is 9.35. The highest BCUT2D eigenvalue weighted by molar-refractivity contribution is 9.10. The van der Waals surface area contributed by atoms with Gasteiger partial charge >= 0.3 is 6.36 Å². The number of carbonyl (C=O) groups is 1. The Morgan fingerprint density at radius 1 is 1.41 bits per heavy atom. The van der Waals surface area contributed by atoms with Gasteiger partial charge in [-0.2, -0.15) is 0 Å². The van der Waals surface area contributed by atoms with Crippen LogP contribution in [0.25, 0.3) is 0 Å². The van der Waals surface area contributed by atoms with E-state index in [1.54, 1.807) is 0 Å². The van der Waals surface area contributed by atoms with Crippen molar-refractivity contribution in [2.45, 2.75) is 12.8 Å². The van der Waals surface area contributed by atoms with Gasteiger partial charge in [-0.1, -0.05) is 0 Å². The molecule has 0 aliphatic heterocycles. The number of alkyl halides is 5. The van der Waals surface area contributed by atoms with Gasteiger partial charge in [-0.15, -0.1) is 13.2 Å². The molecule has 0 radical (unpaired) electrons. The molecule has 1 aromatic rings. The lowest BCUT2D eigenvalue weighted by molar-refractivity contribution is -0.275. The summed E-state index contributed by atoms with van der Waals surface area (Å²) in [6.45, 7) is 0. The van der Waals surface area contributed by atoms with Crippen LogP contribution in [0.3, 0.4) is 0 Å².